The lowest BCUT2D eigenvalue weighted by atomic mass is 10.0. The summed E-state index contributed by atoms with van der Waals surface area (Å²) in [5, 5.41) is 0. The zero-order valence-corrected chi connectivity index (χ0v) is 13.5. The summed E-state index contributed by atoms with van der Waals surface area (Å²) in [7, 11) is 1.97. The van der Waals surface area contributed by atoms with Crippen molar-refractivity contribution < 1.29 is 4.79 Å². The zero-order chi connectivity index (χ0) is 15.6. The third kappa shape index (κ3) is 3.52. The van der Waals surface area contributed by atoms with Gasteiger partial charge in [0, 0.05) is 18.3 Å². The molecule has 2 aromatic rings. The Bertz CT molecular complexity index is 673. The van der Waals surface area contributed by atoms with E-state index >= 15 is 0 Å². The van der Waals surface area contributed by atoms with Crippen molar-refractivity contribution in [1.29, 1.82) is 0 Å². The van der Waals surface area contributed by atoms with Crippen molar-refractivity contribution in [3.8, 4) is 0 Å². The van der Waals surface area contributed by atoms with Gasteiger partial charge in [-0.2, -0.15) is 0 Å². The van der Waals surface area contributed by atoms with E-state index in [-0.39, 0.29) is 5.78 Å². The number of benzene rings is 2. The molecule has 0 saturated heterocycles. The van der Waals surface area contributed by atoms with Crippen LogP contribution in [0.1, 0.15) is 32.6 Å². The Morgan fingerprint density at radius 2 is 1.52 bits per heavy atom. The molecule has 2 heteroatoms. The molecule has 2 aromatic carbocycles. The highest BCUT2D eigenvalue weighted by Gasteiger charge is 2.13. The summed E-state index contributed by atoms with van der Waals surface area (Å²) in [5.41, 5.74) is 6.54. The Morgan fingerprint density at radius 1 is 0.905 bits per heavy atom. The molecule has 0 unspecified atom stereocenters. The minimum atomic E-state index is 0.165. The molecule has 0 N–H and O–H groups in total. The topological polar surface area (TPSA) is 20.3 Å². The van der Waals surface area contributed by atoms with Gasteiger partial charge in [0.15, 0.2) is 5.78 Å². The smallest absolute Gasteiger partial charge is 0.182 e. The maximum atomic E-state index is 12.5. The van der Waals surface area contributed by atoms with Crippen LogP contribution in [0.4, 0.5) is 5.69 Å². The molecule has 0 aliphatic carbocycles. The largest absolute Gasteiger partial charge is 0.367 e. The van der Waals surface area contributed by atoms with E-state index in [1.165, 1.54) is 11.1 Å². The van der Waals surface area contributed by atoms with E-state index in [0.717, 1.165) is 22.4 Å². The Morgan fingerprint density at radius 3 is 2.19 bits per heavy atom. The number of rotatable bonds is 4. The summed E-state index contributed by atoms with van der Waals surface area (Å²) in [6, 6.07) is 12.4. The van der Waals surface area contributed by atoms with E-state index in [4.69, 9.17) is 0 Å². The van der Waals surface area contributed by atoms with Crippen LogP contribution in [0.15, 0.2) is 36.4 Å². The van der Waals surface area contributed by atoms with Gasteiger partial charge in [-0.05, 0) is 51.0 Å². The molecule has 0 heterocycles. The molecule has 2 rings (SSSR count). The van der Waals surface area contributed by atoms with Gasteiger partial charge < -0.3 is 4.90 Å². The fourth-order valence-corrected chi connectivity index (χ4v) is 2.66. The molecule has 21 heavy (non-hydrogen) atoms. The molecule has 0 amide bonds. The first-order chi connectivity index (χ1) is 9.88. The molecule has 0 saturated carbocycles. The number of hydrogen-bond acceptors (Lipinski definition) is 2. The Hall–Kier alpha value is -2.09. The van der Waals surface area contributed by atoms with Crippen molar-refractivity contribution in [3.05, 3.63) is 64.2 Å². The van der Waals surface area contributed by atoms with Crippen molar-refractivity contribution in [1.82, 2.24) is 0 Å². The summed E-state index contributed by atoms with van der Waals surface area (Å²) in [4.78, 5) is 14.6. The van der Waals surface area contributed by atoms with Crippen LogP contribution in [0.5, 0.6) is 0 Å². The van der Waals surface area contributed by atoms with Crippen molar-refractivity contribution >= 4 is 11.5 Å². The summed E-state index contributed by atoms with van der Waals surface area (Å²) in [6.45, 7) is 8.57. The van der Waals surface area contributed by atoms with E-state index in [0.29, 0.717) is 6.54 Å². The second kappa shape index (κ2) is 6.13. The van der Waals surface area contributed by atoms with Gasteiger partial charge in [-0.25, -0.2) is 0 Å². The summed E-state index contributed by atoms with van der Waals surface area (Å²) in [5.74, 6) is 0.165. The normalized spacial score (nSPS) is 10.5. The number of ketones is 1. The van der Waals surface area contributed by atoms with E-state index < -0.39 is 0 Å². The maximum absolute atomic E-state index is 12.5. The molecule has 0 radical (unpaired) electrons. The van der Waals surface area contributed by atoms with Crippen LogP contribution < -0.4 is 4.90 Å². The van der Waals surface area contributed by atoms with Crippen molar-refractivity contribution in [2.24, 2.45) is 0 Å². The number of Topliss-reactive ketones (excluding diaryl/α,β-unsaturated/α-hetero) is 1. The molecular weight excluding hydrogens is 258 g/mol. The highest BCUT2D eigenvalue weighted by molar-refractivity contribution is 6.00. The number of nitrogens with zero attached hydrogens (tertiary/aromatic N) is 1. The van der Waals surface area contributed by atoms with Gasteiger partial charge in [-0.1, -0.05) is 35.4 Å². The molecule has 110 valence electrons. The predicted molar refractivity (Wildman–Crippen MR) is 89.4 cm³/mol. The van der Waals surface area contributed by atoms with Crippen LogP contribution in [0.2, 0.25) is 0 Å². The second-order valence-electron chi connectivity index (χ2n) is 5.89. The highest BCUT2D eigenvalue weighted by atomic mass is 16.1. The van der Waals surface area contributed by atoms with Gasteiger partial charge in [-0.15, -0.1) is 0 Å². The third-order valence-electron chi connectivity index (χ3n) is 3.84. The van der Waals surface area contributed by atoms with E-state index in [1.807, 2.05) is 44.0 Å². The summed E-state index contributed by atoms with van der Waals surface area (Å²) >= 11 is 0. The second-order valence-corrected chi connectivity index (χ2v) is 5.89. The van der Waals surface area contributed by atoms with Gasteiger partial charge in [0.25, 0.3) is 0 Å². The molecule has 0 fully saturated rings. The van der Waals surface area contributed by atoms with Gasteiger partial charge in [0.05, 0.1) is 6.54 Å². The highest BCUT2D eigenvalue weighted by Crippen LogP contribution is 2.21. The number of aryl methyl sites for hydroxylation is 4. The monoisotopic (exact) mass is 281 g/mol. The first kappa shape index (κ1) is 15.3. The Labute approximate surface area is 127 Å². The van der Waals surface area contributed by atoms with E-state index in [1.54, 1.807) is 0 Å². The molecule has 0 aliphatic heterocycles. The van der Waals surface area contributed by atoms with Crippen molar-refractivity contribution in [3.63, 3.8) is 0 Å². The number of carbonyl (C=O) groups is 1. The zero-order valence-electron chi connectivity index (χ0n) is 13.5. The Balaban J connectivity index is 2.20. The average molecular weight is 281 g/mol. The lowest BCUT2D eigenvalue weighted by Gasteiger charge is -2.21. The molecule has 0 bridgehead atoms. The molecule has 0 aromatic heterocycles. The van der Waals surface area contributed by atoms with Gasteiger partial charge >= 0.3 is 0 Å². The van der Waals surface area contributed by atoms with Crippen LogP contribution >= 0.6 is 0 Å². The molecule has 0 aliphatic rings. The molecule has 0 atom stereocenters. The van der Waals surface area contributed by atoms with Crippen molar-refractivity contribution in [2.45, 2.75) is 27.7 Å². The third-order valence-corrected chi connectivity index (χ3v) is 3.84. The van der Waals surface area contributed by atoms with E-state index in [9.17, 15) is 4.79 Å². The summed E-state index contributed by atoms with van der Waals surface area (Å²) in [6.07, 6.45) is 0. The van der Waals surface area contributed by atoms with Gasteiger partial charge in [0.1, 0.15) is 0 Å². The maximum Gasteiger partial charge on any atom is 0.182 e. The predicted octanol–water partition coefficient (Wildman–Crippen LogP) is 4.24. The standard InChI is InChI=1S/C19H23NO/c1-13-7-9-18(16(4)10-13)20(5)12-19(21)17-11-14(2)6-8-15(17)3/h6-11H,12H2,1-5H3. The molecular formula is C19H23NO. The quantitative estimate of drug-likeness (QED) is 0.781. The van der Waals surface area contributed by atoms with Crippen molar-refractivity contribution in [2.75, 3.05) is 18.5 Å². The fourth-order valence-electron chi connectivity index (χ4n) is 2.66. The minimum Gasteiger partial charge on any atom is -0.367 e. The molecule has 2 nitrogen and oxygen atoms in total. The lowest BCUT2D eigenvalue weighted by molar-refractivity contribution is 0.0999. The number of carbonyl (C=O) groups excluding carboxylic acids is 1. The number of anilines is 1. The first-order valence-electron chi connectivity index (χ1n) is 7.27. The number of likely N-dealkylation sites (N-methyl/N-ethyl adjacent to an activating group) is 1. The van der Waals surface area contributed by atoms with Crippen LogP contribution in [0.25, 0.3) is 0 Å². The summed E-state index contributed by atoms with van der Waals surface area (Å²) < 4.78 is 0. The van der Waals surface area contributed by atoms with E-state index in [2.05, 4.69) is 32.0 Å². The SMILES string of the molecule is Cc1ccc(N(C)CC(=O)c2cc(C)ccc2C)c(C)c1. The van der Waals surface area contributed by atoms with Crippen LogP contribution in [0, 0.1) is 27.7 Å². The lowest BCUT2D eigenvalue weighted by Crippen LogP contribution is -2.26. The Kier molecular flexibility index (Phi) is 4.46. The molecule has 0 spiro atoms. The minimum absolute atomic E-state index is 0.165. The first-order valence-corrected chi connectivity index (χ1v) is 7.27. The van der Waals surface area contributed by atoms with Crippen LogP contribution in [0.3, 0.4) is 0 Å². The van der Waals surface area contributed by atoms with Crippen LogP contribution in [-0.2, 0) is 0 Å². The average Bonchev–Trinajstić information content (AvgIpc) is 2.41. The number of hydrogen-bond donors (Lipinski definition) is 0. The van der Waals surface area contributed by atoms with Crippen LogP contribution in [-0.4, -0.2) is 19.4 Å². The van der Waals surface area contributed by atoms with Gasteiger partial charge in [0.2, 0.25) is 0 Å². The fraction of sp³-hybridized carbons (Fsp3) is 0.316. The van der Waals surface area contributed by atoms with Gasteiger partial charge in [-0.3, -0.25) is 4.79 Å².